The van der Waals surface area contributed by atoms with Crippen LogP contribution >= 0.6 is 23.7 Å². The fourth-order valence-electron chi connectivity index (χ4n) is 1.58. The topological polar surface area (TPSA) is 84.3 Å². The zero-order valence-electron chi connectivity index (χ0n) is 9.76. The molecule has 1 aromatic rings. The summed E-state index contributed by atoms with van der Waals surface area (Å²) in [5.74, 6) is 0.257. The summed E-state index contributed by atoms with van der Waals surface area (Å²) < 4.78 is 0. The number of rotatable bonds is 4. The lowest BCUT2D eigenvalue weighted by Gasteiger charge is -2.26. The molecule has 6 nitrogen and oxygen atoms in total. The van der Waals surface area contributed by atoms with Gasteiger partial charge in [0, 0.05) is 31.6 Å². The van der Waals surface area contributed by atoms with Crippen LogP contribution in [0.3, 0.4) is 0 Å². The second-order valence-corrected chi connectivity index (χ2v) is 5.30. The molecule has 1 fully saturated rings. The summed E-state index contributed by atoms with van der Waals surface area (Å²) in [6.07, 6.45) is 0. The Labute approximate surface area is 114 Å². The molecule has 0 aromatic carbocycles. The van der Waals surface area contributed by atoms with Crippen molar-refractivity contribution in [1.29, 1.82) is 0 Å². The molecule has 100 valence electrons. The number of carbonyl (C=O) groups is 1. The smallest absolute Gasteiger partial charge is 0.283 e. The van der Waals surface area contributed by atoms with Crippen LogP contribution in [-0.4, -0.2) is 30.5 Å². The quantitative estimate of drug-likeness (QED) is 0.647. The number of nitrogens with zero attached hydrogens (tertiary/aromatic N) is 1. The average Bonchev–Trinajstić information content (AvgIpc) is 2.58. The van der Waals surface area contributed by atoms with Gasteiger partial charge >= 0.3 is 0 Å². The van der Waals surface area contributed by atoms with E-state index in [1.165, 1.54) is 6.07 Å². The van der Waals surface area contributed by atoms with Crippen molar-refractivity contribution >= 4 is 35.3 Å². The van der Waals surface area contributed by atoms with E-state index in [0.29, 0.717) is 22.2 Å². The monoisotopic (exact) mass is 291 g/mol. The van der Waals surface area contributed by atoms with Gasteiger partial charge in [0.25, 0.3) is 11.6 Å². The molecule has 1 amide bonds. The van der Waals surface area contributed by atoms with Crippen molar-refractivity contribution in [1.82, 2.24) is 10.6 Å². The molecular formula is C10H14ClN3O3S. The lowest BCUT2D eigenvalue weighted by molar-refractivity contribution is -0.385. The molecule has 2 heterocycles. The minimum atomic E-state index is -0.460. The second-order valence-electron chi connectivity index (χ2n) is 4.04. The van der Waals surface area contributed by atoms with E-state index in [1.807, 2.05) is 0 Å². The van der Waals surface area contributed by atoms with Gasteiger partial charge in [0.2, 0.25) is 0 Å². The third-order valence-corrected chi connectivity index (χ3v) is 3.77. The standard InChI is InChI=1S/C10H13N3O3S.ClH/c1-6-8(13(15)16)2-9(17-6)10(14)12-5-7-3-11-4-7;/h2,7,11H,3-5H2,1H3,(H,12,14);1H. The maximum absolute atomic E-state index is 11.7. The molecule has 2 rings (SSSR count). The number of aryl methyl sites for hydroxylation is 1. The molecule has 2 N–H and O–H groups in total. The Morgan fingerprint density at radius 1 is 1.67 bits per heavy atom. The van der Waals surface area contributed by atoms with Gasteiger partial charge < -0.3 is 10.6 Å². The van der Waals surface area contributed by atoms with Crippen LogP contribution in [0, 0.1) is 23.0 Å². The van der Waals surface area contributed by atoms with Crippen molar-refractivity contribution in [3.05, 3.63) is 25.9 Å². The van der Waals surface area contributed by atoms with Crippen LogP contribution < -0.4 is 10.6 Å². The Morgan fingerprint density at radius 2 is 2.33 bits per heavy atom. The van der Waals surface area contributed by atoms with Crippen LogP contribution in [0.5, 0.6) is 0 Å². The summed E-state index contributed by atoms with van der Waals surface area (Å²) in [7, 11) is 0. The number of hydrogen-bond acceptors (Lipinski definition) is 5. The van der Waals surface area contributed by atoms with Crippen LogP contribution in [0.25, 0.3) is 0 Å². The van der Waals surface area contributed by atoms with E-state index in [1.54, 1.807) is 6.92 Å². The summed E-state index contributed by atoms with van der Waals surface area (Å²) in [5, 5.41) is 16.6. The van der Waals surface area contributed by atoms with Gasteiger partial charge in [-0.25, -0.2) is 0 Å². The number of carbonyl (C=O) groups excluding carboxylic acids is 1. The first-order valence-corrected chi connectivity index (χ1v) is 6.13. The fraction of sp³-hybridized carbons (Fsp3) is 0.500. The third-order valence-electron chi connectivity index (χ3n) is 2.73. The average molecular weight is 292 g/mol. The number of amides is 1. The van der Waals surface area contributed by atoms with Crippen molar-refractivity contribution in [2.75, 3.05) is 19.6 Å². The van der Waals surface area contributed by atoms with Gasteiger partial charge in [-0.15, -0.1) is 23.7 Å². The molecule has 0 aliphatic carbocycles. The van der Waals surface area contributed by atoms with Gasteiger partial charge in [0.05, 0.1) is 14.7 Å². The molecule has 0 atom stereocenters. The minimum Gasteiger partial charge on any atom is -0.351 e. The van der Waals surface area contributed by atoms with Crippen LogP contribution in [-0.2, 0) is 0 Å². The number of nitro groups is 1. The first-order valence-electron chi connectivity index (χ1n) is 5.31. The van der Waals surface area contributed by atoms with Gasteiger partial charge in [0.1, 0.15) is 0 Å². The summed E-state index contributed by atoms with van der Waals surface area (Å²) in [4.78, 5) is 22.9. The highest BCUT2D eigenvalue weighted by atomic mass is 35.5. The molecule has 0 radical (unpaired) electrons. The van der Waals surface area contributed by atoms with Crippen LogP contribution in [0.4, 0.5) is 5.69 Å². The van der Waals surface area contributed by atoms with Crippen molar-refractivity contribution in [2.45, 2.75) is 6.92 Å². The van der Waals surface area contributed by atoms with E-state index in [-0.39, 0.29) is 24.0 Å². The molecule has 0 saturated carbocycles. The van der Waals surface area contributed by atoms with Crippen molar-refractivity contribution < 1.29 is 9.72 Å². The van der Waals surface area contributed by atoms with Gasteiger partial charge in [-0.05, 0) is 6.92 Å². The van der Waals surface area contributed by atoms with Gasteiger partial charge in [0.15, 0.2) is 0 Å². The molecule has 8 heteroatoms. The van der Waals surface area contributed by atoms with Crippen LogP contribution in [0.1, 0.15) is 14.5 Å². The SMILES string of the molecule is Cc1sc(C(=O)NCC2CNC2)cc1[N+](=O)[O-].Cl. The van der Waals surface area contributed by atoms with E-state index in [4.69, 9.17) is 0 Å². The Hall–Kier alpha value is -1.18. The molecule has 1 aliphatic heterocycles. The Kier molecular flexibility index (Phi) is 5.06. The molecule has 18 heavy (non-hydrogen) atoms. The molecule has 0 bridgehead atoms. The van der Waals surface area contributed by atoms with Crippen LogP contribution in [0.15, 0.2) is 6.07 Å². The first-order chi connectivity index (χ1) is 8.08. The summed E-state index contributed by atoms with van der Waals surface area (Å²) >= 11 is 1.16. The number of halogens is 1. The Bertz CT molecular complexity index is 459. The van der Waals surface area contributed by atoms with E-state index >= 15 is 0 Å². The highest BCUT2D eigenvalue weighted by molar-refractivity contribution is 7.14. The van der Waals surface area contributed by atoms with E-state index in [2.05, 4.69) is 10.6 Å². The zero-order chi connectivity index (χ0) is 12.4. The number of thiophene rings is 1. The van der Waals surface area contributed by atoms with Gasteiger partial charge in [-0.3, -0.25) is 14.9 Å². The summed E-state index contributed by atoms with van der Waals surface area (Å²) in [6, 6.07) is 1.34. The molecule has 0 unspecified atom stereocenters. The first kappa shape index (κ1) is 14.9. The minimum absolute atomic E-state index is 0. The maximum atomic E-state index is 11.7. The van der Waals surface area contributed by atoms with Crippen LogP contribution in [0.2, 0.25) is 0 Å². The normalized spacial score (nSPS) is 14.5. The van der Waals surface area contributed by atoms with Crippen molar-refractivity contribution in [3.8, 4) is 0 Å². The summed E-state index contributed by atoms with van der Waals surface area (Å²) in [6.45, 7) is 4.11. The Balaban J connectivity index is 0.00000162. The predicted molar refractivity (Wildman–Crippen MR) is 71.7 cm³/mol. The summed E-state index contributed by atoms with van der Waals surface area (Å²) in [5.41, 5.74) is 0.0189. The molecule has 1 saturated heterocycles. The zero-order valence-corrected chi connectivity index (χ0v) is 11.4. The maximum Gasteiger partial charge on any atom is 0.283 e. The third kappa shape index (κ3) is 3.18. The lowest BCUT2D eigenvalue weighted by atomic mass is 10.0. The van der Waals surface area contributed by atoms with E-state index in [9.17, 15) is 14.9 Å². The second kappa shape index (κ2) is 6.12. The highest BCUT2D eigenvalue weighted by Gasteiger charge is 2.21. The van der Waals surface area contributed by atoms with Crippen molar-refractivity contribution in [2.24, 2.45) is 5.92 Å². The van der Waals surface area contributed by atoms with Crippen molar-refractivity contribution in [3.63, 3.8) is 0 Å². The molecule has 1 aliphatic rings. The molecule has 0 spiro atoms. The fourth-order valence-corrected chi connectivity index (χ4v) is 2.49. The number of nitrogens with one attached hydrogen (secondary N) is 2. The Morgan fingerprint density at radius 3 is 2.78 bits per heavy atom. The number of hydrogen-bond donors (Lipinski definition) is 2. The van der Waals surface area contributed by atoms with Gasteiger partial charge in [-0.1, -0.05) is 0 Å². The van der Waals surface area contributed by atoms with Gasteiger partial charge in [-0.2, -0.15) is 0 Å². The molecular weight excluding hydrogens is 278 g/mol. The lowest BCUT2D eigenvalue weighted by Crippen LogP contribution is -2.48. The van der Waals surface area contributed by atoms with E-state index in [0.717, 1.165) is 24.4 Å². The molecule has 1 aromatic heterocycles. The largest absolute Gasteiger partial charge is 0.351 e. The van der Waals surface area contributed by atoms with E-state index < -0.39 is 4.92 Å². The predicted octanol–water partition coefficient (Wildman–Crippen LogP) is 1.34. The highest BCUT2D eigenvalue weighted by Crippen LogP contribution is 2.27.